The first kappa shape index (κ1) is 6.31. The summed E-state index contributed by atoms with van der Waals surface area (Å²) in [6, 6.07) is 0. The second kappa shape index (κ2) is 2.20. The number of nitrogens with zero attached hydrogens (tertiary/aromatic N) is 1. The van der Waals surface area contributed by atoms with E-state index < -0.39 is 5.88 Å². The SMILES string of the molecule is OC1=C(O)N(O)SC=C1. The van der Waals surface area contributed by atoms with Gasteiger partial charge in [-0.3, -0.25) is 5.21 Å². The number of allylic oxidation sites excluding steroid dienone is 1. The molecule has 1 aliphatic rings. The Kier molecular flexibility index (Phi) is 1.54. The fourth-order valence-electron chi connectivity index (χ4n) is 0.375. The van der Waals surface area contributed by atoms with E-state index in [1.54, 1.807) is 0 Å². The summed E-state index contributed by atoms with van der Waals surface area (Å²) in [6.45, 7) is 0. The molecule has 4 nitrogen and oxygen atoms in total. The molecule has 5 heteroatoms. The third-order valence-corrected chi connectivity index (χ3v) is 1.43. The molecule has 0 spiro atoms. The minimum atomic E-state index is -0.539. The molecule has 50 valence electrons. The van der Waals surface area contributed by atoms with Gasteiger partial charge in [0.25, 0.3) is 5.88 Å². The maximum atomic E-state index is 8.68. The van der Waals surface area contributed by atoms with Crippen molar-refractivity contribution in [2.24, 2.45) is 0 Å². The number of hydrogen-bond donors (Lipinski definition) is 3. The molecule has 0 aromatic heterocycles. The lowest BCUT2D eigenvalue weighted by Crippen LogP contribution is -2.12. The highest BCUT2D eigenvalue weighted by atomic mass is 32.2. The highest BCUT2D eigenvalue weighted by molar-refractivity contribution is 7.99. The van der Waals surface area contributed by atoms with Gasteiger partial charge in [0, 0.05) is 11.9 Å². The van der Waals surface area contributed by atoms with Crippen LogP contribution in [0.15, 0.2) is 23.1 Å². The first-order valence-electron chi connectivity index (χ1n) is 2.16. The molecule has 3 N–H and O–H groups in total. The van der Waals surface area contributed by atoms with E-state index in [9.17, 15) is 0 Å². The van der Waals surface area contributed by atoms with Gasteiger partial charge in [-0.15, -0.1) is 0 Å². The van der Waals surface area contributed by atoms with Crippen molar-refractivity contribution >= 4 is 11.9 Å². The Morgan fingerprint density at radius 2 is 2.11 bits per heavy atom. The van der Waals surface area contributed by atoms with E-state index in [0.29, 0.717) is 4.47 Å². The van der Waals surface area contributed by atoms with Crippen LogP contribution in [0.3, 0.4) is 0 Å². The van der Waals surface area contributed by atoms with Gasteiger partial charge in [-0.2, -0.15) is 4.47 Å². The molecule has 0 fully saturated rings. The molecule has 0 bridgehead atoms. The van der Waals surface area contributed by atoms with Gasteiger partial charge in [-0.05, 0) is 11.5 Å². The lowest BCUT2D eigenvalue weighted by atomic mass is 10.5. The molecule has 1 rings (SSSR count). The molecule has 0 unspecified atom stereocenters. The maximum absolute atomic E-state index is 8.68. The molecule has 0 aromatic carbocycles. The molecule has 0 aromatic rings. The van der Waals surface area contributed by atoms with Crippen LogP contribution in [0.1, 0.15) is 0 Å². The van der Waals surface area contributed by atoms with Crippen molar-refractivity contribution in [2.45, 2.75) is 0 Å². The quantitative estimate of drug-likeness (QED) is 0.448. The van der Waals surface area contributed by atoms with E-state index in [1.807, 2.05) is 0 Å². The fraction of sp³-hybridized carbons (Fsp3) is 0. The number of aliphatic hydroxyl groups excluding tert-OH is 2. The number of hydrogen-bond acceptors (Lipinski definition) is 5. The Bertz CT molecular complexity index is 177. The molecule has 0 radical (unpaired) electrons. The molecule has 0 amide bonds. The first-order chi connectivity index (χ1) is 4.22. The van der Waals surface area contributed by atoms with Gasteiger partial charge in [-0.1, -0.05) is 0 Å². The largest absolute Gasteiger partial charge is 0.503 e. The summed E-state index contributed by atoms with van der Waals surface area (Å²) >= 11 is 0.870. The van der Waals surface area contributed by atoms with E-state index in [1.165, 1.54) is 11.5 Å². The number of aliphatic hydroxyl groups is 2. The van der Waals surface area contributed by atoms with E-state index in [2.05, 4.69) is 0 Å². The van der Waals surface area contributed by atoms with Crippen molar-refractivity contribution in [2.75, 3.05) is 0 Å². The second-order valence-electron chi connectivity index (χ2n) is 1.39. The topological polar surface area (TPSA) is 63.9 Å². The van der Waals surface area contributed by atoms with Crippen LogP contribution in [0.5, 0.6) is 0 Å². The molecule has 0 atom stereocenters. The smallest absolute Gasteiger partial charge is 0.265 e. The maximum Gasteiger partial charge on any atom is 0.265 e. The van der Waals surface area contributed by atoms with Crippen molar-refractivity contribution in [1.29, 1.82) is 0 Å². The predicted molar refractivity (Wildman–Crippen MR) is 32.6 cm³/mol. The summed E-state index contributed by atoms with van der Waals surface area (Å²) in [6.07, 6.45) is 1.28. The molecule has 1 heterocycles. The van der Waals surface area contributed by atoms with Crippen LogP contribution in [0, 0.1) is 0 Å². The first-order valence-corrected chi connectivity index (χ1v) is 3.00. The summed E-state index contributed by atoms with van der Waals surface area (Å²) in [5, 5.41) is 27.4. The van der Waals surface area contributed by atoms with Gasteiger partial charge >= 0.3 is 0 Å². The zero-order valence-electron chi connectivity index (χ0n) is 4.35. The summed E-state index contributed by atoms with van der Waals surface area (Å²) < 4.78 is 0.468. The van der Waals surface area contributed by atoms with E-state index in [0.717, 1.165) is 11.9 Å². The van der Waals surface area contributed by atoms with Crippen LogP contribution in [0.2, 0.25) is 0 Å². The molecular weight excluding hydrogens is 142 g/mol. The van der Waals surface area contributed by atoms with Crippen LogP contribution in [-0.2, 0) is 0 Å². The summed E-state index contributed by atoms with van der Waals surface area (Å²) in [5.41, 5.74) is 0. The van der Waals surface area contributed by atoms with Crippen molar-refractivity contribution in [3.8, 4) is 0 Å². The lowest BCUT2D eigenvalue weighted by Gasteiger charge is -2.14. The monoisotopic (exact) mass is 147 g/mol. The molecule has 0 saturated carbocycles. The van der Waals surface area contributed by atoms with Crippen LogP contribution in [0.25, 0.3) is 0 Å². The van der Waals surface area contributed by atoms with E-state index >= 15 is 0 Å². The third-order valence-electron chi connectivity index (χ3n) is 0.797. The molecule has 1 aliphatic heterocycles. The van der Waals surface area contributed by atoms with Crippen molar-refractivity contribution in [1.82, 2.24) is 4.47 Å². The summed E-state index contributed by atoms with van der Waals surface area (Å²) in [5.74, 6) is -0.876. The Morgan fingerprint density at radius 3 is 2.56 bits per heavy atom. The van der Waals surface area contributed by atoms with Crippen LogP contribution >= 0.6 is 11.9 Å². The average Bonchev–Trinajstić information content (AvgIpc) is 1.83. The number of rotatable bonds is 0. The van der Waals surface area contributed by atoms with Gasteiger partial charge in [0.05, 0.1) is 0 Å². The van der Waals surface area contributed by atoms with Crippen molar-refractivity contribution in [3.63, 3.8) is 0 Å². The van der Waals surface area contributed by atoms with Gasteiger partial charge < -0.3 is 10.2 Å². The Hall–Kier alpha value is -0.810. The average molecular weight is 147 g/mol. The molecule has 9 heavy (non-hydrogen) atoms. The normalized spacial score (nSPS) is 19.0. The number of hydroxylamine groups is 1. The van der Waals surface area contributed by atoms with Crippen LogP contribution < -0.4 is 0 Å². The molecule has 0 aliphatic carbocycles. The van der Waals surface area contributed by atoms with Gasteiger partial charge in [-0.25, -0.2) is 0 Å². The highest BCUT2D eigenvalue weighted by Gasteiger charge is 2.12. The zero-order valence-corrected chi connectivity index (χ0v) is 5.17. The highest BCUT2D eigenvalue weighted by Crippen LogP contribution is 2.21. The van der Waals surface area contributed by atoms with Crippen molar-refractivity contribution in [3.05, 3.63) is 23.1 Å². The van der Waals surface area contributed by atoms with Crippen LogP contribution in [0.4, 0.5) is 0 Å². The fourth-order valence-corrected chi connectivity index (χ4v) is 0.873. The standard InChI is InChI=1S/C4H5NO3S/c6-3-1-2-9-5(8)4(3)7/h1-2,6-8H. The predicted octanol–water partition coefficient (Wildman–Crippen LogP) is 1.14. The minimum Gasteiger partial charge on any atom is -0.503 e. The molecular formula is C4H5NO3S. The molecule has 0 saturated heterocycles. The van der Waals surface area contributed by atoms with E-state index in [4.69, 9.17) is 15.4 Å². The Labute approximate surface area is 55.8 Å². The third kappa shape index (κ3) is 1.11. The Morgan fingerprint density at radius 1 is 1.44 bits per heavy atom. The summed E-state index contributed by atoms with van der Waals surface area (Å²) in [7, 11) is 0. The van der Waals surface area contributed by atoms with Gasteiger partial charge in [0.2, 0.25) is 0 Å². The Balaban J connectivity index is 2.83. The second-order valence-corrected chi connectivity index (χ2v) is 2.22. The van der Waals surface area contributed by atoms with Gasteiger partial charge in [0.1, 0.15) is 0 Å². The van der Waals surface area contributed by atoms with E-state index in [-0.39, 0.29) is 5.76 Å². The zero-order chi connectivity index (χ0) is 6.85. The van der Waals surface area contributed by atoms with Gasteiger partial charge in [0.15, 0.2) is 5.76 Å². The van der Waals surface area contributed by atoms with Crippen LogP contribution in [-0.4, -0.2) is 19.9 Å². The lowest BCUT2D eigenvalue weighted by molar-refractivity contribution is -0.000419. The minimum absolute atomic E-state index is 0.337. The van der Waals surface area contributed by atoms with Crippen molar-refractivity contribution < 1.29 is 15.4 Å². The summed E-state index contributed by atoms with van der Waals surface area (Å²) in [4.78, 5) is 0.